The summed E-state index contributed by atoms with van der Waals surface area (Å²) in [5.41, 5.74) is 2.02. The molecule has 0 aromatic heterocycles. The molecule has 0 aliphatic heterocycles. The number of methoxy groups -OCH3 is 1. The molecular formula is C22H28BrCl2NO2. The summed E-state index contributed by atoms with van der Waals surface area (Å²) in [4.78, 5) is 0. The summed E-state index contributed by atoms with van der Waals surface area (Å²) >= 11 is 15.8. The van der Waals surface area contributed by atoms with Crippen molar-refractivity contribution < 1.29 is 9.47 Å². The molecule has 0 saturated carbocycles. The average molecular weight is 489 g/mol. The second kappa shape index (κ2) is 12.6. The van der Waals surface area contributed by atoms with Gasteiger partial charge in [-0.3, -0.25) is 0 Å². The zero-order valence-electron chi connectivity index (χ0n) is 16.5. The van der Waals surface area contributed by atoms with Crippen molar-refractivity contribution in [3.05, 3.63) is 56.0 Å². The highest BCUT2D eigenvalue weighted by atomic mass is 79.9. The highest BCUT2D eigenvalue weighted by Crippen LogP contribution is 2.37. The van der Waals surface area contributed by atoms with Crippen LogP contribution < -0.4 is 14.8 Å². The van der Waals surface area contributed by atoms with E-state index in [0.717, 1.165) is 28.7 Å². The van der Waals surface area contributed by atoms with Crippen LogP contribution in [0.2, 0.25) is 10.0 Å². The summed E-state index contributed by atoms with van der Waals surface area (Å²) in [7, 11) is 1.65. The summed E-state index contributed by atoms with van der Waals surface area (Å²) in [5, 5.41) is 4.69. The van der Waals surface area contributed by atoms with Crippen LogP contribution in [0.15, 0.2) is 34.8 Å². The lowest BCUT2D eigenvalue weighted by Crippen LogP contribution is -2.14. The van der Waals surface area contributed by atoms with Crippen LogP contribution in [-0.4, -0.2) is 13.7 Å². The molecular weight excluding hydrogens is 461 g/mol. The summed E-state index contributed by atoms with van der Waals surface area (Å²) in [5.74, 6) is 1.36. The third kappa shape index (κ3) is 7.47. The molecule has 0 radical (unpaired) electrons. The monoisotopic (exact) mass is 487 g/mol. The highest BCUT2D eigenvalue weighted by molar-refractivity contribution is 9.10. The van der Waals surface area contributed by atoms with Gasteiger partial charge in [0, 0.05) is 22.2 Å². The molecule has 3 nitrogen and oxygen atoms in total. The van der Waals surface area contributed by atoms with Crippen LogP contribution in [0, 0.1) is 0 Å². The van der Waals surface area contributed by atoms with Crippen molar-refractivity contribution in [1.82, 2.24) is 5.32 Å². The maximum absolute atomic E-state index is 6.23. The smallest absolute Gasteiger partial charge is 0.175 e. The maximum Gasteiger partial charge on any atom is 0.175 e. The second-order valence-electron chi connectivity index (χ2n) is 6.72. The first-order valence-corrected chi connectivity index (χ1v) is 11.2. The predicted octanol–water partition coefficient (Wildman–Crippen LogP) is 7.40. The van der Waals surface area contributed by atoms with Crippen molar-refractivity contribution in [2.45, 2.75) is 52.2 Å². The number of hydrogen-bond donors (Lipinski definition) is 1. The number of benzene rings is 2. The average Bonchev–Trinajstić information content (AvgIpc) is 2.67. The van der Waals surface area contributed by atoms with Gasteiger partial charge in [-0.25, -0.2) is 0 Å². The molecule has 0 amide bonds. The molecule has 0 heterocycles. The molecule has 28 heavy (non-hydrogen) atoms. The quantitative estimate of drug-likeness (QED) is 0.315. The molecule has 1 N–H and O–H groups in total. The van der Waals surface area contributed by atoms with E-state index in [0.29, 0.717) is 28.2 Å². The van der Waals surface area contributed by atoms with E-state index < -0.39 is 0 Å². The number of hydrogen-bond acceptors (Lipinski definition) is 3. The summed E-state index contributed by atoms with van der Waals surface area (Å²) in [6, 6.07) is 9.45. The second-order valence-corrected chi connectivity index (χ2v) is 8.42. The van der Waals surface area contributed by atoms with Crippen molar-refractivity contribution in [1.29, 1.82) is 0 Å². The van der Waals surface area contributed by atoms with Gasteiger partial charge in [0.15, 0.2) is 11.5 Å². The third-order valence-electron chi connectivity index (χ3n) is 4.46. The van der Waals surface area contributed by atoms with Gasteiger partial charge in [-0.2, -0.15) is 0 Å². The van der Waals surface area contributed by atoms with Gasteiger partial charge < -0.3 is 14.8 Å². The van der Waals surface area contributed by atoms with Crippen LogP contribution in [0.25, 0.3) is 0 Å². The zero-order valence-corrected chi connectivity index (χ0v) is 19.6. The van der Waals surface area contributed by atoms with E-state index in [1.807, 2.05) is 12.1 Å². The van der Waals surface area contributed by atoms with Crippen molar-refractivity contribution in [2.24, 2.45) is 0 Å². The highest BCUT2D eigenvalue weighted by Gasteiger charge is 2.13. The number of nitrogens with one attached hydrogen (secondary N) is 1. The van der Waals surface area contributed by atoms with Gasteiger partial charge in [0.05, 0.1) is 11.6 Å². The van der Waals surface area contributed by atoms with E-state index in [2.05, 4.69) is 34.2 Å². The van der Waals surface area contributed by atoms with E-state index in [1.165, 1.54) is 32.1 Å². The Kier molecular flexibility index (Phi) is 10.5. The van der Waals surface area contributed by atoms with Crippen LogP contribution >= 0.6 is 39.1 Å². The Bertz CT molecular complexity index is 756. The number of rotatable bonds is 12. The maximum atomic E-state index is 6.23. The summed E-state index contributed by atoms with van der Waals surface area (Å²) < 4.78 is 12.4. The Balaban J connectivity index is 1.93. The number of unbranched alkanes of at least 4 members (excludes halogenated alkanes) is 4. The molecule has 0 saturated heterocycles. The zero-order chi connectivity index (χ0) is 20.4. The lowest BCUT2D eigenvalue weighted by atomic mass is 10.1. The lowest BCUT2D eigenvalue weighted by molar-refractivity contribution is 0.282. The summed E-state index contributed by atoms with van der Waals surface area (Å²) in [6.45, 7) is 4.39. The molecule has 0 spiro atoms. The van der Waals surface area contributed by atoms with Crippen LogP contribution in [0.3, 0.4) is 0 Å². The van der Waals surface area contributed by atoms with Crippen molar-refractivity contribution in [3.63, 3.8) is 0 Å². The molecule has 2 rings (SSSR count). The standard InChI is InChI=1S/C22H28BrCl2NO2/c1-3-4-5-6-7-10-26-14-16-11-19(23)22(21(12-16)27-2)28-15-17-8-9-18(24)13-20(17)25/h8-9,11-13,26H,3-7,10,14-15H2,1-2H3. The molecule has 154 valence electrons. The fourth-order valence-corrected chi connectivity index (χ4v) is 3.96. The normalized spacial score (nSPS) is 10.9. The van der Waals surface area contributed by atoms with E-state index in [4.69, 9.17) is 32.7 Å². The molecule has 0 bridgehead atoms. The molecule has 0 fully saturated rings. The van der Waals surface area contributed by atoms with Crippen LogP contribution in [0.4, 0.5) is 0 Å². The van der Waals surface area contributed by atoms with Gasteiger partial charge in [0.25, 0.3) is 0 Å². The van der Waals surface area contributed by atoms with Crippen LogP contribution in [0.1, 0.15) is 50.2 Å². The lowest BCUT2D eigenvalue weighted by Gasteiger charge is -2.15. The Morgan fingerprint density at radius 2 is 1.82 bits per heavy atom. The first-order valence-electron chi connectivity index (χ1n) is 9.69. The molecule has 0 aliphatic rings. The molecule has 2 aromatic carbocycles. The van der Waals surface area contributed by atoms with Crippen molar-refractivity contribution in [2.75, 3.05) is 13.7 Å². The SMILES string of the molecule is CCCCCCCNCc1cc(Br)c(OCc2ccc(Cl)cc2Cl)c(OC)c1. The third-order valence-corrected chi connectivity index (χ3v) is 5.64. The minimum absolute atomic E-state index is 0.334. The first-order chi connectivity index (χ1) is 13.5. The molecule has 0 unspecified atom stereocenters. The first kappa shape index (κ1) is 23.3. The van der Waals surface area contributed by atoms with Gasteiger partial charge in [-0.1, -0.05) is 61.9 Å². The van der Waals surface area contributed by atoms with Gasteiger partial charge in [-0.05, 0) is 58.7 Å². The number of ether oxygens (including phenoxy) is 2. The van der Waals surface area contributed by atoms with Crippen molar-refractivity contribution >= 4 is 39.1 Å². The van der Waals surface area contributed by atoms with E-state index in [1.54, 1.807) is 19.2 Å². The minimum Gasteiger partial charge on any atom is -0.493 e. The fraction of sp³-hybridized carbons (Fsp3) is 0.455. The molecule has 6 heteroatoms. The number of halogens is 3. The Morgan fingerprint density at radius 1 is 1.04 bits per heavy atom. The molecule has 0 aliphatic carbocycles. The Morgan fingerprint density at radius 3 is 2.54 bits per heavy atom. The van der Waals surface area contributed by atoms with E-state index in [-0.39, 0.29) is 0 Å². The fourth-order valence-electron chi connectivity index (χ4n) is 2.89. The molecule has 2 aromatic rings. The minimum atomic E-state index is 0.334. The topological polar surface area (TPSA) is 30.5 Å². The van der Waals surface area contributed by atoms with E-state index in [9.17, 15) is 0 Å². The van der Waals surface area contributed by atoms with Gasteiger partial charge in [0.1, 0.15) is 6.61 Å². The van der Waals surface area contributed by atoms with Crippen molar-refractivity contribution in [3.8, 4) is 11.5 Å². The van der Waals surface area contributed by atoms with Crippen LogP contribution in [-0.2, 0) is 13.2 Å². The van der Waals surface area contributed by atoms with Crippen LogP contribution in [0.5, 0.6) is 11.5 Å². The van der Waals surface area contributed by atoms with E-state index >= 15 is 0 Å². The largest absolute Gasteiger partial charge is 0.493 e. The van der Waals surface area contributed by atoms with Gasteiger partial charge in [-0.15, -0.1) is 0 Å². The van der Waals surface area contributed by atoms with Gasteiger partial charge in [0.2, 0.25) is 0 Å². The predicted molar refractivity (Wildman–Crippen MR) is 122 cm³/mol. The Labute approximate surface area is 186 Å². The Hall–Kier alpha value is -0.940. The van der Waals surface area contributed by atoms with Gasteiger partial charge >= 0.3 is 0 Å². The summed E-state index contributed by atoms with van der Waals surface area (Å²) in [6.07, 6.45) is 6.42. The molecule has 0 atom stereocenters.